The van der Waals surface area contributed by atoms with Crippen molar-refractivity contribution < 1.29 is 0 Å². The second-order valence-electron chi connectivity index (χ2n) is 4.43. The second kappa shape index (κ2) is 9.49. The molecule has 8 heteroatoms. The van der Waals surface area contributed by atoms with E-state index in [0.717, 1.165) is 19.6 Å². The van der Waals surface area contributed by atoms with Crippen LogP contribution in [-0.4, -0.2) is 76.1 Å². The van der Waals surface area contributed by atoms with Gasteiger partial charge < -0.3 is 20.9 Å². The van der Waals surface area contributed by atoms with E-state index in [1.165, 1.54) is 0 Å². The summed E-state index contributed by atoms with van der Waals surface area (Å²) >= 11 is 0. The molecule has 0 heterocycles. The Kier molecular flexibility index (Phi) is 8.67. The Labute approximate surface area is 109 Å². The molecule has 0 saturated heterocycles. The van der Waals surface area contributed by atoms with Gasteiger partial charge in [0.2, 0.25) is 11.9 Å². The lowest BCUT2D eigenvalue weighted by molar-refractivity contribution is 0.410. The molecule has 0 spiro atoms. The first-order valence-corrected chi connectivity index (χ1v) is 5.85. The fourth-order valence-electron chi connectivity index (χ4n) is 1.03. The minimum absolute atomic E-state index is 0.148. The van der Waals surface area contributed by atoms with Gasteiger partial charge in [-0.25, -0.2) is 0 Å². The average Bonchev–Trinajstić information content (AvgIpc) is 2.24. The van der Waals surface area contributed by atoms with Gasteiger partial charge in [-0.05, 0) is 28.2 Å². The molecule has 0 aromatic carbocycles. The lowest BCUT2D eigenvalue weighted by Gasteiger charge is -2.15. The number of nitrogens with zero attached hydrogens (tertiary/aromatic N) is 3. The zero-order valence-electron chi connectivity index (χ0n) is 11.7. The van der Waals surface area contributed by atoms with Gasteiger partial charge in [-0.3, -0.25) is 21.3 Å². The predicted molar refractivity (Wildman–Crippen MR) is 75.6 cm³/mol. The highest BCUT2D eigenvalue weighted by Gasteiger charge is 1.99. The summed E-state index contributed by atoms with van der Waals surface area (Å²) in [6.07, 6.45) is 0. The van der Waals surface area contributed by atoms with Gasteiger partial charge in [-0.15, -0.1) is 0 Å². The minimum atomic E-state index is -0.148. The van der Waals surface area contributed by atoms with Crippen molar-refractivity contribution in [2.24, 2.45) is 10.7 Å². The number of rotatable bonds is 6. The van der Waals surface area contributed by atoms with E-state index >= 15 is 0 Å². The lowest BCUT2D eigenvalue weighted by atomic mass is 10.5. The van der Waals surface area contributed by atoms with E-state index in [1.54, 1.807) is 0 Å². The molecule has 0 fully saturated rings. The van der Waals surface area contributed by atoms with Gasteiger partial charge in [-0.2, -0.15) is 0 Å². The first kappa shape index (κ1) is 16.5. The Morgan fingerprint density at radius 3 is 2.22 bits per heavy atom. The van der Waals surface area contributed by atoms with Crippen molar-refractivity contribution in [3.05, 3.63) is 0 Å². The molecule has 0 aromatic heterocycles. The Morgan fingerprint density at radius 1 is 1.11 bits per heavy atom. The molecule has 0 bridgehead atoms. The van der Waals surface area contributed by atoms with Gasteiger partial charge in [0.05, 0.1) is 6.54 Å². The summed E-state index contributed by atoms with van der Waals surface area (Å²) in [7, 11) is 8.00. The second-order valence-corrected chi connectivity index (χ2v) is 4.43. The number of hydrogen-bond acceptors (Lipinski definition) is 4. The summed E-state index contributed by atoms with van der Waals surface area (Å²) in [5.41, 5.74) is 10.5. The van der Waals surface area contributed by atoms with E-state index in [1.807, 2.05) is 28.2 Å². The van der Waals surface area contributed by atoms with E-state index < -0.39 is 0 Å². The fourth-order valence-corrected chi connectivity index (χ4v) is 1.03. The van der Waals surface area contributed by atoms with Crippen LogP contribution in [0, 0.1) is 5.41 Å². The zero-order chi connectivity index (χ0) is 14.0. The molecule has 0 aliphatic carbocycles. The molecule has 106 valence electrons. The largest absolute Gasteiger partial charge is 0.369 e. The van der Waals surface area contributed by atoms with Crippen LogP contribution in [0.3, 0.4) is 0 Å². The van der Waals surface area contributed by atoms with Crippen LogP contribution in [0.4, 0.5) is 0 Å². The van der Waals surface area contributed by atoms with Crippen molar-refractivity contribution in [3.8, 4) is 0 Å². The molecule has 0 atom stereocenters. The van der Waals surface area contributed by atoms with Crippen LogP contribution in [-0.2, 0) is 0 Å². The van der Waals surface area contributed by atoms with Crippen LogP contribution in [0.1, 0.15) is 0 Å². The van der Waals surface area contributed by atoms with E-state index in [-0.39, 0.29) is 5.96 Å². The van der Waals surface area contributed by atoms with E-state index in [2.05, 4.69) is 31.0 Å². The molecule has 0 aliphatic rings. The van der Waals surface area contributed by atoms with E-state index in [0.29, 0.717) is 12.5 Å². The number of nitrogens with one attached hydrogen (secondary N) is 4. The van der Waals surface area contributed by atoms with Crippen LogP contribution in [0.15, 0.2) is 4.99 Å². The number of nitrogens with two attached hydrogens (primary N) is 1. The molecule has 6 N–H and O–H groups in total. The van der Waals surface area contributed by atoms with Crippen molar-refractivity contribution in [3.63, 3.8) is 0 Å². The maximum Gasteiger partial charge on any atom is 0.210 e. The topological polar surface area (TPSA) is 105 Å². The van der Waals surface area contributed by atoms with Gasteiger partial charge in [0.15, 0.2) is 0 Å². The first-order chi connectivity index (χ1) is 8.41. The summed E-state index contributed by atoms with van der Waals surface area (Å²) in [6.45, 7) is 3.19. The maximum absolute atomic E-state index is 7.08. The third kappa shape index (κ3) is 11.0. The number of hydrazine groups is 1. The Hall–Kier alpha value is -1.54. The van der Waals surface area contributed by atoms with Crippen LogP contribution in [0.5, 0.6) is 0 Å². The molecule has 0 radical (unpaired) electrons. The molecular weight excluding hydrogens is 232 g/mol. The van der Waals surface area contributed by atoms with Crippen molar-refractivity contribution in [2.45, 2.75) is 0 Å². The van der Waals surface area contributed by atoms with Crippen molar-refractivity contribution in [1.82, 2.24) is 26.0 Å². The van der Waals surface area contributed by atoms with Gasteiger partial charge in [0.1, 0.15) is 0 Å². The summed E-state index contributed by atoms with van der Waals surface area (Å²) < 4.78 is 0. The Morgan fingerprint density at radius 2 is 1.72 bits per heavy atom. The third-order valence-electron chi connectivity index (χ3n) is 1.98. The van der Waals surface area contributed by atoms with Gasteiger partial charge in [0, 0.05) is 19.6 Å². The van der Waals surface area contributed by atoms with Crippen LogP contribution < -0.4 is 21.9 Å². The molecule has 0 unspecified atom stereocenters. The standard InChI is InChI=1S/C10H26N8/c1-17(2)7-5-13-10(16-15-9(11)12)14-6-8-18(3)4/h5-8H2,1-4H3,(H4,11,12,15)(H2,13,14,16). The Balaban J connectivity index is 4.10. The molecule has 8 nitrogen and oxygen atoms in total. The maximum atomic E-state index is 7.08. The Bertz CT molecular complexity index is 261. The monoisotopic (exact) mass is 258 g/mol. The smallest absolute Gasteiger partial charge is 0.210 e. The summed E-state index contributed by atoms with van der Waals surface area (Å²) in [5, 5.41) is 10.2. The summed E-state index contributed by atoms with van der Waals surface area (Å²) in [6, 6.07) is 0. The highest BCUT2D eigenvalue weighted by Crippen LogP contribution is 1.78. The van der Waals surface area contributed by atoms with Crippen molar-refractivity contribution in [2.75, 3.05) is 54.4 Å². The summed E-state index contributed by atoms with van der Waals surface area (Å²) in [4.78, 5) is 8.48. The van der Waals surface area contributed by atoms with Gasteiger partial charge in [0.25, 0.3) is 0 Å². The van der Waals surface area contributed by atoms with Crippen LogP contribution in [0.2, 0.25) is 0 Å². The molecule has 0 saturated carbocycles. The zero-order valence-corrected chi connectivity index (χ0v) is 11.7. The van der Waals surface area contributed by atoms with Crippen molar-refractivity contribution in [1.29, 1.82) is 5.41 Å². The average molecular weight is 258 g/mol. The summed E-state index contributed by atoms with van der Waals surface area (Å²) in [5.74, 6) is 0.443. The van der Waals surface area contributed by atoms with Crippen molar-refractivity contribution >= 4 is 11.9 Å². The number of likely N-dealkylation sites (N-methyl/N-ethyl adjacent to an activating group) is 2. The van der Waals surface area contributed by atoms with Gasteiger partial charge in [-0.1, -0.05) is 0 Å². The normalized spacial score (nSPS) is 11.8. The van der Waals surface area contributed by atoms with Gasteiger partial charge >= 0.3 is 0 Å². The SMILES string of the molecule is CN(C)CCN=C(NCCN(C)C)NNC(=N)N. The third-order valence-corrected chi connectivity index (χ3v) is 1.98. The van der Waals surface area contributed by atoms with E-state index in [4.69, 9.17) is 11.1 Å². The molecule has 18 heavy (non-hydrogen) atoms. The van der Waals surface area contributed by atoms with Crippen LogP contribution in [0.25, 0.3) is 0 Å². The first-order valence-electron chi connectivity index (χ1n) is 5.85. The molecular formula is C10H26N8. The predicted octanol–water partition coefficient (Wildman–Crippen LogP) is -1.96. The molecule has 0 amide bonds. The molecule has 0 rings (SSSR count). The molecule has 0 aliphatic heterocycles. The number of hydrogen-bond donors (Lipinski definition) is 5. The minimum Gasteiger partial charge on any atom is -0.369 e. The quantitative estimate of drug-likeness (QED) is 0.215. The number of guanidine groups is 2. The highest BCUT2D eigenvalue weighted by molar-refractivity contribution is 5.83. The van der Waals surface area contributed by atoms with Crippen LogP contribution >= 0.6 is 0 Å². The molecule has 0 aromatic rings. The highest BCUT2D eigenvalue weighted by atomic mass is 15.5. The number of aliphatic imine (C=N–C) groups is 1. The van der Waals surface area contributed by atoms with E-state index in [9.17, 15) is 0 Å². The lowest BCUT2D eigenvalue weighted by Crippen LogP contribution is -2.51. The fraction of sp³-hybridized carbons (Fsp3) is 0.800.